The van der Waals surface area contributed by atoms with Crippen LogP contribution in [-0.2, 0) is 16.6 Å². The van der Waals surface area contributed by atoms with Crippen LogP contribution in [0.1, 0.15) is 16.1 Å². The molecule has 5 nitrogen and oxygen atoms in total. The maximum absolute atomic E-state index is 12.0. The standard InChI is InChI=1S/C14H14N2O3S2/c1-11-15-10-14(20-11)21(18,19)16-9-13-6-4-12(5-7-13)3-2-8-17/h4-7,10,16-17H,8-9H2,1H3. The first kappa shape index (κ1) is 15.7. The maximum Gasteiger partial charge on any atom is 0.251 e. The second-order valence-corrected chi connectivity index (χ2v) is 7.41. The van der Waals surface area contributed by atoms with E-state index >= 15 is 0 Å². The van der Waals surface area contributed by atoms with Crippen LogP contribution in [0.5, 0.6) is 0 Å². The van der Waals surface area contributed by atoms with Gasteiger partial charge in [0.2, 0.25) is 0 Å². The SMILES string of the molecule is Cc1ncc(S(=O)(=O)NCc2ccc(C#CCO)cc2)s1. The van der Waals surface area contributed by atoms with Crippen molar-refractivity contribution in [3.63, 3.8) is 0 Å². The maximum atomic E-state index is 12.0. The highest BCUT2D eigenvalue weighted by atomic mass is 32.2. The van der Waals surface area contributed by atoms with Gasteiger partial charge in [0.1, 0.15) is 6.61 Å². The Balaban J connectivity index is 2.03. The number of thiazole rings is 1. The van der Waals surface area contributed by atoms with Gasteiger partial charge in [-0.2, -0.15) is 0 Å². The van der Waals surface area contributed by atoms with Crippen molar-refractivity contribution in [2.75, 3.05) is 6.61 Å². The predicted molar refractivity (Wildman–Crippen MR) is 81.3 cm³/mol. The Labute approximate surface area is 127 Å². The molecule has 1 heterocycles. The monoisotopic (exact) mass is 322 g/mol. The van der Waals surface area contributed by atoms with Gasteiger partial charge in [-0.3, -0.25) is 0 Å². The van der Waals surface area contributed by atoms with Crippen LogP contribution in [0.3, 0.4) is 0 Å². The van der Waals surface area contributed by atoms with Crippen LogP contribution < -0.4 is 4.72 Å². The third kappa shape index (κ3) is 4.37. The predicted octanol–water partition coefficient (Wildman–Crippen LogP) is 1.27. The van der Waals surface area contributed by atoms with Gasteiger partial charge in [0, 0.05) is 12.1 Å². The Morgan fingerprint density at radius 3 is 2.62 bits per heavy atom. The lowest BCUT2D eigenvalue weighted by atomic mass is 10.1. The largest absolute Gasteiger partial charge is 0.384 e. The average molecular weight is 322 g/mol. The van der Waals surface area contributed by atoms with Gasteiger partial charge in [0.05, 0.1) is 11.2 Å². The third-order valence-corrected chi connectivity index (χ3v) is 5.37. The third-order valence-electron chi connectivity index (χ3n) is 2.60. The fourth-order valence-corrected chi connectivity index (χ4v) is 3.73. The van der Waals surface area contributed by atoms with Crippen molar-refractivity contribution in [1.29, 1.82) is 0 Å². The van der Waals surface area contributed by atoms with Crippen molar-refractivity contribution in [1.82, 2.24) is 9.71 Å². The van der Waals surface area contributed by atoms with Crippen LogP contribution >= 0.6 is 11.3 Å². The average Bonchev–Trinajstić information content (AvgIpc) is 2.91. The topological polar surface area (TPSA) is 79.3 Å². The molecule has 0 aliphatic carbocycles. The molecule has 0 aliphatic rings. The minimum atomic E-state index is -3.52. The van der Waals surface area contributed by atoms with E-state index in [2.05, 4.69) is 21.5 Å². The molecule has 21 heavy (non-hydrogen) atoms. The zero-order chi connectivity index (χ0) is 15.3. The summed E-state index contributed by atoms with van der Waals surface area (Å²) in [6.07, 6.45) is 1.36. The van der Waals surface area contributed by atoms with E-state index in [9.17, 15) is 8.42 Å². The van der Waals surface area contributed by atoms with E-state index in [0.717, 1.165) is 22.5 Å². The smallest absolute Gasteiger partial charge is 0.251 e. The summed E-state index contributed by atoms with van der Waals surface area (Å²) in [6.45, 7) is 1.78. The molecule has 0 fully saturated rings. The van der Waals surface area contributed by atoms with E-state index in [1.165, 1.54) is 6.20 Å². The summed E-state index contributed by atoms with van der Waals surface area (Å²) in [6, 6.07) is 7.15. The Morgan fingerprint density at radius 2 is 2.05 bits per heavy atom. The number of benzene rings is 1. The van der Waals surface area contributed by atoms with Crippen molar-refractivity contribution in [3.8, 4) is 11.8 Å². The van der Waals surface area contributed by atoms with Crippen LogP contribution in [0.25, 0.3) is 0 Å². The molecule has 1 aromatic heterocycles. The van der Waals surface area contributed by atoms with E-state index in [0.29, 0.717) is 5.01 Å². The number of hydrogen-bond acceptors (Lipinski definition) is 5. The van der Waals surface area contributed by atoms with Crippen LogP contribution in [0.2, 0.25) is 0 Å². The van der Waals surface area contributed by atoms with Gasteiger partial charge in [0.25, 0.3) is 10.0 Å². The van der Waals surface area contributed by atoms with Gasteiger partial charge < -0.3 is 5.11 Å². The number of nitrogens with one attached hydrogen (secondary N) is 1. The summed E-state index contributed by atoms with van der Waals surface area (Å²) >= 11 is 1.14. The zero-order valence-corrected chi connectivity index (χ0v) is 13.0. The molecule has 0 spiro atoms. The molecule has 0 atom stereocenters. The highest BCUT2D eigenvalue weighted by Gasteiger charge is 2.16. The number of nitrogens with zero attached hydrogens (tertiary/aromatic N) is 1. The van der Waals surface area contributed by atoms with Gasteiger partial charge in [-0.25, -0.2) is 18.1 Å². The molecule has 0 bridgehead atoms. The van der Waals surface area contributed by atoms with Crippen LogP contribution in [0, 0.1) is 18.8 Å². The molecule has 0 radical (unpaired) electrons. The van der Waals surface area contributed by atoms with Gasteiger partial charge >= 0.3 is 0 Å². The van der Waals surface area contributed by atoms with Crippen molar-refractivity contribution in [3.05, 3.63) is 46.6 Å². The zero-order valence-electron chi connectivity index (χ0n) is 11.3. The quantitative estimate of drug-likeness (QED) is 0.831. The first-order valence-electron chi connectivity index (χ1n) is 6.12. The number of aryl methyl sites for hydroxylation is 1. The molecule has 0 aliphatic heterocycles. The molecular formula is C14H14N2O3S2. The van der Waals surface area contributed by atoms with E-state index in [-0.39, 0.29) is 17.4 Å². The molecule has 1 aromatic carbocycles. The first-order valence-corrected chi connectivity index (χ1v) is 8.42. The van der Waals surface area contributed by atoms with Crippen molar-refractivity contribution in [2.45, 2.75) is 17.7 Å². The van der Waals surface area contributed by atoms with Gasteiger partial charge in [-0.1, -0.05) is 24.0 Å². The number of hydrogen-bond donors (Lipinski definition) is 2. The number of aromatic nitrogens is 1. The van der Waals surface area contributed by atoms with Gasteiger partial charge in [0.15, 0.2) is 4.21 Å². The van der Waals surface area contributed by atoms with Crippen LogP contribution in [0.15, 0.2) is 34.7 Å². The molecule has 0 saturated carbocycles. The second-order valence-electron chi connectivity index (χ2n) is 4.18. The summed E-state index contributed by atoms with van der Waals surface area (Å²) in [4.78, 5) is 3.94. The summed E-state index contributed by atoms with van der Waals surface area (Å²) in [7, 11) is -3.52. The fourth-order valence-electron chi connectivity index (χ4n) is 1.56. The second kappa shape index (κ2) is 6.83. The lowest BCUT2D eigenvalue weighted by Crippen LogP contribution is -2.22. The summed E-state index contributed by atoms with van der Waals surface area (Å²) in [5.41, 5.74) is 1.60. The van der Waals surface area contributed by atoms with E-state index < -0.39 is 10.0 Å². The number of sulfonamides is 1. The number of rotatable bonds is 4. The van der Waals surface area contributed by atoms with Crippen molar-refractivity contribution >= 4 is 21.4 Å². The normalized spacial score (nSPS) is 11.0. The summed E-state index contributed by atoms with van der Waals surface area (Å²) < 4.78 is 26.8. The van der Waals surface area contributed by atoms with Gasteiger partial charge in [-0.15, -0.1) is 11.3 Å². The highest BCUT2D eigenvalue weighted by molar-refractivity contribution is 7.91. The molecule has 0 saturated heterocycles. The number of aliphatic hydroxyl groups excluding tert-OH is 1. The van der Waals surface area contributed by atoms with E-state index in [4.69, 9.17) is 5.11 Å². The minimum absolute atomic E-state index is 0.185. The molecule has 110 valence electrons. The molecule has 7 heteroatoms. The lowest BCUT2D eigenvalue weighted by Gasteiger charge is -2.04. The number of aliphatic hydroxyl groups is 1. The lowest BCUT2D eigenvalue weighted by molar-refractivity contribution is 0.350. The highest BCUT2D eigenvalue weighted by Crippen LogP contribution is 2.17. The first-order chi connectivity index (χ1) is 10.0. The molecule has 2 N–H and O–H groups in total. The van der Waals surface area contributed by atoms with E-state index in [1.54, 1.807) is 31.2 Å². The Morgan fingerprint density at radius 1 is 1.33 bits per heavy atom. The Hall–Kier alpha value is -1.72. The van der Waals surface area contributed by atoms with E-state index in [1.807, 2.05) is 0 Å². The Kier molecular flexibility index (Phi) is 5.09. The van der Waals surface area contributed by atoms with Crippen LogP contribution in [0.4, 0.5) is 0 Å². The fraction of sp³-hybridized carbons (Fsp3) is 0.214. The molecule has 2 rings (SSSR count). The minimum Gasteiger partial charge on any atom is -0.384 e. The Bertz CT molecular complexity index is 769. The van der Waals surface area contributed by atoms with Crippen molar-refractivity contribution < 1.29 is 13.5 Å². The molecule has 2 aromatic rings. The summed E-state index contributed by atoms with van der Waals surface area (Å²) in [5.74, 6) is 5.33. The van der Waals surface area contributed by atoms with Crippen LogP contribution in [-0.4, -0.2) is 25.1 Å². The van der Waals surface area contributed by atoms with Gasteiger partial charge in [-0.05, 0) is 24.6 Å². The molecule has 0 amide bonds. The molecular weight excluding hydrogens is 308 g/mol. The molecule has 0 unspecified atom stereocenters. The summed E-state index contributed by atoms with van der Waals surface area (Å²) in [5, 5.41) is 9.32. The van der Waals surface area contributed by atoms with Crippen molar-refractivity contribution in [2.24, 2.45) is 0 Å².